The maximum atomic E-state index is 12.4. The Labute approximate surface area is 131 Å². The van der Waals surface area contributed by atoms with E-state index in [1.54, 1.807) is 6.07 Å². The van der Waals surface area contributed by atoms with E-state index in [4.69, 9.17) is 15.3 Å². The monoisotopic (exact) mass is 321 g/mol. The lowest BCUT2D eigenvalue weighted by atomic mass is 10.0. The first-order valence-corrected chi connectivity index (χ1v) is 9.46. The van der Waals surface area contributed by atoms with Crippen molar-refractivity contribution >= 4 is 20.6 Å². The number of nitrogens with zero attached hydrogens (tertiary/aromatic N) is 1. The summed E-state index contributed by atoms with van der Waals surface area (Å²) in [5.74, 6) is 0.830. The van der Waals surface area contributed by atoms with Gasteiger partial charge in [-0.3, -0.25) is 0 Å². The molecule has 5 nitrogen and oxygen atoms in total. The van der Waals surface area contributed by atoms with Crippen LogP contribution in [0, 0.1) is 10.7 Å². The lowest BCUT2D eigenvalue weighted by molar-refractivity contribution is 0.0616. The highest BCUT2D eigenvalue weighted by molar-refractivity contribution is 7.92. The smallest absolute Gasteiger partial charge is 0.0739 e. The van der Waals surface area contributed by atoms with E-state index >= 15 is 0 Å². The molecule has 0 saturated carbocycles. The highest BCUT2D eigenvalue weighted by atomic mass is 32.2. The van der Waals surface area contributed by atoms with Crippen LogP contribution in [0.5, 0.6) is 0 Å². The fraction of sp³-hybridized carbons (Fsp3) is 0.500. The summed E-state index contributed by atoms with van der Waals surface area (Å²) in [6.07, 6.45) is 4.25. The summed E-state index contributed by atoms with van der Waals surface area (Å²) in [5, 5.41) is 1.12. The highest BCUT2D eigenvalue weighted by Gasteiger charge is 2.16. The minimum Gasteiger partial charge on any atom is -0.381 e. The van der Waals surface area contributed by atoms with Crippen molar-refractivity contribution in [2.45, 2.75) is 24.3 Å². The normalized spacial score (nSPS) is 19.3. The summed E-state index contributed by atoms with van der Waals surface area (Å²) in [6, 6.07) is 7.73. The number of nitrogens with two attached hydrogens (primary N) is 1. The molecule has 1 saturated heterocycles. The molecule has 1 fully saturated rings. The molecule has 3 N–H and O–H groups in total. The molecule has 0 aliphatic carbocycles. The van der Waals surface area contributed by atoms with Gasteiger partial charge in [-0.25, -0.2) is 8.99 Å². The van der Waals surface area contributed by atoms with Crippen molar-refractivity contribution in [2.75, 3.05) is 25.5 Å². The van der Waals surface area contributed by atoms with Crippen molar-refractivity contribution in [2.24, 2.45) is 11.7 Å². The quantitative estimate of drug-likeness (QED) is 0.887. The maximum absolute atomic E-state index is 12.4. The number of ether oxygens (including phenoxy) is 1. The maximum Gasteiger partial charge on any atom is 0.0739 e. The highest BCUT2D eigenvalue weighted by Crippen LogP contribution is 2.24. The van der Waals surface area contributed by atoms with Crippen molar-refractivity contribution in [1.82, 2.24) is 4.57 Å². The predicted octanol–water partition coefficient (Wildman–Crippen LogP) is 2.43. The number of rotatable bonds is 5. The Kier molecular flexibility index (Phi) is 4.52. The summed E-state index contributed by atoms with van der Waals surface area (Å²) in [6.45, 7) is 2.90. The van der Waals surface area contributed by atoms with Crippen molar-refractivity contribution in [3.8, 4) is 0 Å². The van der Waals surface area contributed by atoms with E-state index in [1.807, 2.05) is 12.1 Å². The molecule has 3 rings (SSSR count). The zero-order chi connectivity index (χ0) is 15.6. The predicted molar refractivity (Wildman–Crippen MR) is 88.5 cm³/mol. The van der Waals surface area contributed by atoms with Crippen LogP contribution < -0.4 is 5.73 Å². The standard InChI is InChI=1S/C16H23N3O2S/c17-6-10-22(18,20)15-2-1-14-3-7-19(16(14)11-15)12-13-4-8-21-9-5-13/h1-3,7,11,13,18H,4-6,8-10,12,17H2. The van der Waals surface area contributed by atoms with Crippen LogP contribution in [-0.2, 0) is 21.0 Å². The zero-order valence-corrected chi connectivity index (χ0v) is 13.5. The van der Waals surface area contributed by atoms with Crippen LogP contribution in [0.1, 0.15) is 12.8 Å². The van der Waals surface area contributed by atoms with Crippen LogP contribution in [-0.4, -0.2) is 34.3 Å². The zero-order valence-electron chi connectivity index (χ0n) is 12.7. The molecule has 0 bridgehead atoms. The van der Waals surface area contributed by atoms with Crippen LogP contribution in [0.15, 0.2) is 35.4 Å². The molecule has 6 heteroatoms. The van der Waals surface area contributed by atoms with Gasteiger partial charge in [-0.2, -0.15) is 0 Å². The number of hydrogen-bond acceptors (Lipinski definition) is 4. The fourth-order valence-corrected chi connectivity index (χ4v) is 4.18. The molecule has 0 radical (unpaired) electrons. The Balaban J connectivity index is 1.91. The fourth-order valence-electron chi connectivity index (χ4n) is 3.02. The van der Waals surface area contributed by atoms with Crippen LogP contribution in [0.2, 0.25) is 0 Å². The van der Waals surface area contributed by atoms with Crippen molar-refractivity contribution in [3.63, 3.8) is 0 Å². The number of hydrogen-bond donors (Lipinski definition) is 2. The molecule has 22 heavy (non-hydrogen) atoms. The third-order valence-electron chi connectivity index (χ3n) is 4.33. The second kappa shape index (κ2) is 6.40. The summed E-state index contributed by atoms with van der Waals surface area (Å²) < 4.78 is 28.1. The van der Waals surface area contributed by atoms with E-state index in [2.05, 4.69) is 16.8 Å². The first-order chi connectivity index (χ1) is 10.6. The second-order valence-electron chi connectivity index (χ2n) is 5.91. The molecular formula is C16H23N3O2S. The molecule has 1 atom stereocenters. The molecule has 2 aromatic rings. The van der Waals surface area contributed by atoms with Crippen LogP contribution in [0.25, 0.3) is 10.9 Å². The first kappa shape index (κ1) is 15.5. The topological polar surface area (TPSA) is 81.1 Å². The molecule has 2 heterocycles. The van der Waals surface area contributed by atoms with Crippen molar-refractivity contribution < 1.29 is 8.95 Å². The van der Waals surface area contributed by atoms with Gasteiger partial charge in [-0.15, -0.1) is 0 Å². The van der Waals surface area contributed by atoms with E-state index in [-0.39, 0.29) is 12.3 Å². The average Bonchev–Trinajstić information content (AvgIpc) is 2.91. The number of nitrogens with one attached hydrogen (secondary N) is 1. The van der Waals surface area contributed by atoms with Crippen molar-refractivity contribution in [3.05, 3.63) is 30.5 Å². The molecule has 1 aliphatic rings. The van der Waals surface area contributed by atoms with Gasteiger partial charge in [-0.05, 0) is 42.3 Å². The van der Waals surface area contributed by atoms with E-state index in [0.29, 0.717) is 10.8 Å². The van der Waals surface area contributed by atoms with Crippen LogP contribution >= 0.6 is 0 Å². The summed E-state index contributed by atoms with van der Waals surface area (Å²) >= 11 is 0. The van der Waals surface area contributed by atoms with Gasteiger partial charge in [0.1, 0.15) is 0 Å². The van der Waals surface area contributed by atoms with Gasteiger partial charge in [0.25, 0.3) is 0 Å². The number of fused-ring (bicyclic) bond motifs is 1. The van der Waals surface area contributed by atoms with Crippen LogP contribution in [0.4, 0.5) is 0 Å². The Morgan fingerprint density at radius 3 is 2.82 bits per heavy atom. The van der Waals surface area contributed by atoms with E-state index in [9.17, 15) is 4.21 Å². The molecule has 1 unspecified atom stereocenters. The van der Waals surface area contributed by atoms with Gasteiger partial charge in [0, 0.05) is 48.7 Å². The van der Waals surface area contributed by atoms with E-state index in [0.717, 1.165) is 43.5 Å². The molecule has 0 amide bonds. The van der Waals surface area contributed by atoms with Gasteiger partial charge >= 0.3 is 0 Å². The molecule has 0 spiro atoms. The van der Waals surface area contributed by atoms with E-state index < -0.39 is 9.73 Å². The SMILES string of the molecule is N=S(=O)(CCN)c1ccc2ccn(CC3CCOCC3)c2c1. The minimum absolute atomic E-state index is 0.208. The van der Waals surface area contributed by atoms with Gasteiger partial charge in [0.2, 0.25) is 0 Å². The Hall–Kier alpha value is -1.37. The third kappa shape index (κ3) is 3.19. The average molecular weight is 321 g/mol. The Morgan fingerprint density at radius 2 is 2.09 bits per heavy atom. The van der Waals surface area contributed by atoms with Crippen molar-refractivity contribution in [1.29, 1.82) is 4.78 Å². The lowest BCUT2D eigenvalue weighted by Crippen LogP contribution is -2.20. The number of benzene rings is 1. The largest absolute Gasteiger partial charge is 0.381 e. The molecule has 1 aromatic heterocycles. The number of aromatic nitrogens is 1. The van der Waals surface area contributed by atoms with Gasteiger partial charge < -0.3 is 15.0 Å². The van der Waals surface area contributed by atoms with Gasteiger partial charge in [0.05, 0.1) is 9.73 Å². The third-order valence-corrected chi connectivity index (χ3v) is 6.15. The Bertz CT molecular complexity index is 746. The minimum atomic E-state index is -2.79. The summed E-state index contributed by atoms with van der Waals surface area (Å²) in [7, 11) is -2.79. The second-order valence-corrected chi connectivity index (χ2v) is 8.14. The lowest BCUT2D eigenvalue weighted by Gasteiger charge is -2.23. The molecule has 1 aromatic carbocycles. The molecular weight excluding hydrogens is 298 g/mol. The van der Waals surface area contributed by atoms with Gasteiger partial charge in [-0.1, -0.05) is 6.07 Å². The summed E-state index contributed by atoms with van der Waals surface area (Å²) in [5.41, 5.74) is 6.54. The molecule has 120 valence electrons. The first-order valence-electron chi connectivity index (χ1n) is 7.73. The summed E-state index contributed by atoms with van der Waals surface area (Å²) in [4.78, 5) is 0.581. The Morgan fingerprint density at radius 1 is 1.32 bits per heavy atom. The van der Waals surface area contributed by atoms with Gasteiger partial charge in [0.15, 0.2) is 0 Å². The molecule has 1 aliphatic heterocycles. The van der Waals surface area contributed by atoms with Crippen LogP contribution in [0.3, 0.4) is 0 Å². The van der Waals surface area contributed by atoms with E-state index in [1.165, 1.54) is 0 Å².